The highest BCUT2D eigenvalue weighted by Crippen LogP contribution is 2.38. The van der Waals surface area contributed by atoms with Gasteiger partial charge in [-0.3, -0.25) is 0 Å². The van der Waals surface area contributed by atoms with Crippen LogP contribution in [0, 0.1) is 0 Å². The molecule has 178 valence electrons. The van der Waals surface area contributed by atoms with Crippen molar-refractivity contribution in [3.05, 3.63) is 48.5 Å². The fourth-order valence-corrected chi connectivity index (χ4v) is 4.62. The maximum atomic E-state index is 6.20. The Morgan fingerprint density at radius 2 is 0.941 bits per heavy atom. The molecule has 0 spiro atoms. The number of hydrogen-bond acceptors (Lipinski definition) is 4. The minimum absolute atomic E-state index is 0.748. The van der Waals surface area contributed by atoms with Gasteiger partial charge in [0.25, 0.3) is 0 Å². The lowest BCUT2D eigenvalue weighted by Crippen LogP contribution is -1.96. The van der Waals surface area contributed by atoms with E-state index in [0.29, 0.717) is 0 Å². The number of furan rings is 2. The molecule has 0 aliphatic heterocycles. The lowest BCUT2D eigenvalue weighted by atomic mass is 10.1. The fourth-order valence-electron chi connectivity index (χ4n) is 4.62. The molecule has 0 radical (unpaired) electrons. The van der Waals surface area contributed by atoms with Crippen LogP contribution in [0.1, 0.15) is 65.2 Å². The molecule has 0 fully saturated rings. The van der Waals surface area contributed by atoms with Crippen LogP contribution >= 0.6 is 0 Å². The largest absolute Gasteiger partial charge is 0.494 e. The zero-order valence-corrected chi connectivity index (χ0v) is 20.3. The van der Waals surface area contributed by atoms with Crippen LogP contribution in [-0.4, -0.2) is 13.2 Å². The van der Waals surface area contributed by atoms with Gasteiger partial charge in [-0.2, -0.15) is 0 Å². The van der Waals surface area contributed by atoms with Gasteiger partial charge in [0.05, 0.1) is 13.2 Å². The van der Waals surface area contributed by atoms with Crippen molar-refractivity contribution in [2.75, 3.05) is 13.2 Å². The van der Waals surface area contributed by atoms with Crippen LogP contribution in [0.4, 0.5) is 0 Å². The van der Waals surface area contributed by atoms with E-state index in [-0.39, 0.29) is 0 Å². The van der Waals surface area contributed by atoms with Crippen molar-refractivity contribution in [2.45, 2.75) is 65.2 Å². The summed E-state index contributed by atoms with van der Waals surface area (Å²) in [4.78, 5) is 0. The third kappa shape index (κ3) is 4.72. The average molecular weight is 459 g/mol. The second-order valence-electron chi connectivity index (χ2n) is 9.18. The molecule has 4 nitrogen and oxygen atoms in total. The maximum Gasteiger partial charge on any atom is 0.136 e. The Morgan fingerprint density at radius 1 is 0.500 bits per heavy atom. The maximum absolute atomic E-state index is 6.20. The van der Waals surface area contributed by atoms with Crippen LogP contribution < -0.4 is 9.47 Å². The van der Waals surface area contributed by atoms with Gasteiger partial charge in [-0.05, 0) is 61.4 Å². The Hall–Kier alpha value is -3.14. The molecule has 3 aromatic carbocycles. The van der Waals surface area contributed by atoms with E-state index in [1.54, 1.807) is 0 Å². The van der Waals surface area contributed by atoms with Crippen molar-refractivity contribution in [1.29, 1.82) is 0 Å². The Kier molecular flexibility index (Phi) is 6.94. The minimum atomic E-state index is 0.748. The summed E-state index contributed by atoms with van der Waals surface area (Å²) in [6.45, 7) is 5.94. The number of hydrogen-bond donors (Lipinski definition) is 0. The number of ether oxygens (including phenoxy) is 2. The molecule has 34 heavy (non-hydrogen) atoms. The Morgan fingerprint density at radius 3 is 1.38 bits per heavy atom. The summed E-state index contributed by atoms with van der Waals surface area (Å²) in [6.07, 6.45) is 9.58. The summed E-state index contributed by atoms with van der Waals surface area (Å²) in [6, 6.07) is 16.3. The molecule has 5 aromatic rings. The average Bonchev–Trinajstić information content (AvgIpc) is 3.39. The van der Waals surface area contributed by atoms with Crippen LogP contribution in [0.25, 0.3) is 43.9 Å². The first-order valence-corrected chi connectivity index (χ1v) is 12.8. The van der Waals surface area contributed by atoms with Gasteiger partial charge in [-0.1, -0.05) is 52.4 Å². The van der Waals surface area contributed by atoms with Gasteiger partial charge >= 0.3 is 0 Å². The normalized spacial score (nSPS) is 11.8. The summed E-state index contributed by atoms with van der Waals surface area (Å²) in [5.74, 6) is 1.77. The minimum Gasteiger partial charge on any atom is -0.494 e. The molecule has 0 saturated heterocycles. The van der Waals surface area contributed by atoms with Crippen LogP contribution in [0.3, 0.4) is 0 Å². The standard InChI is InChI=1S/C30H34O4/c1-3-5-7-9-15-31-21-11-13-27-23(17-21)25-19-30-26(20-29(25)33-27)24-18-22(12-14-28(24)34-30)32-16-10-8-6-4-2/h11-14,17-20H,3-10,15-16H2,1-2H3. The van der Waals surface area contributed by atoms with Crippen LogP contribution in [0.15, 0.2) is 57.4 Å². The molecule has 0 aliphatic carbocycles. The van der Waals surface area contributed by atoms with Crippen molar-refractivity contribution in [3.8, 4) is 11.5 Å². The second-order valence-corrected chi connectivity index (χ2v) is 9.18. The molecule has 0 bridgehead atoms. The summed E-state index contributed by atoms with van der Waals surface area (Å²) in [7, 11) is 0. The molecule has 0 N–H and O–H groups in total. The molecular formula is C30H34O4. The molecule has 2 heterocycles. The molecule has 0 amide bonds. The van der Waals surface area contributed by atoms with E-state index < -0.39 is 0 Å². The zero-order chi connectivity index (χ0) is 23.3. The second kappa shape index (κ2) is 10.4. The van der Waals surface area contributed by atoms with E-state index in [0.717, 1.165) is 81.4 Å². The molecule has 0 aliphatic rings. The van der Waals surface area contributed by atoms with Gasteiger partial charge in [-0.15, -0.1) is 0 Å². The van der Waals surface area contributed by atoms with Crippen LogP contribution in [0.2, 0.25) is 0 Å². The van der Waals surface area contributed by atoms with Gasteiger partial charge in [0.1, 0.15) is 33.8 Å². The van der Waals surface area contributed by atoms with Gasteiger partial charge in [0.2, 0.25) is 0 Å². The molecule has 0 atom stereocenters. The Bertz CT molecular complexity index is 1280. The van der Waals surface area contributed by atoms with E-state index >= 15 is 0 Å². The number of unbranched alkanes of at least 4 members (excludes halogenated alkanes) is 6. The van der Waals surface area contributed by atoms with E-state index in [1.807, 2.05) is 24.3 Å². The number of fused-ring (bicyclic) bond motifs is 6. The highest BCUT2D eigenvalue weighted by atomic mass is 16.5. The van der Waals surface area contributed by atoms with Crippen LogP contribution in [0.5, 0.6) is 11.5 Å². The number of benzene rings is 3. The highest BCUT2D eigenvalue weighted by Gasteiger charge is 2.14. The van der Waals surface area contributed by atoms with Gasteiger partial charge < -0.3 is 18.3 Å². The first-order chi connectivity index (χ1) is 16.8. The molecule has 0 saturated carbocycles. The van der Waals surface area contributed by atoms with Crippen molar-refractivity contribution in [3.63, 3.8) is 0 Å². The van der Waals surface area contributed by atoms with Crippen molar-refractivity contribution < 1.29 is 18.3 Å². The fraction of sp³-hybridized carbons (Fsp3) is 0.400. The van der Waals surface area contributed by atoms with E-state index in [2.05, 4.69) is 38.1 Å². The molecule has 5 rings (SSSR count). The topological polar surface area (TPSA) is 44.7 Å². The third-order valence-corrected chi connectivity index (χ3v) is 6.54. The highest BCUT2D eigenvalue weighted by molar-refractivity contribution is 6.15. The van der Waals surface area contributed by atoms with Crippen molar-refractivity contribution >= 4 is 43.9 Å². The quantitative estimate of drug-likeness (QED) is 0.175. The zero-order valence-electron chi connectivity index (χ0n) is 20.3. The van der Waals surface area contributed by atoms with Gasteiger partial charge in [0.15, 0.2) is 0 Å². The Labute approximate surface area is 200 Å². The SMILES string of the molecule is CCCCCCOc1ccc2oc3cc4c(cc3c2c1)oc1ccc(OCCCCCC)cc14. The third-order valence-electron chi connectivity index (χ3n) is 6.54. The van der Waals surface area contributed by atoms with Crippen molar-refractivity contribution in [2.24, 2.45) is 0 Å². The van der Waals surface area contributed by atoms with Crippen molar-refractivity contribution in [1.82, 2.24) is 0 Å². The monoisotopic (exact) mass is 458 g/mol. The van der Waals surface area contributed by atoms with E-state index in [1.165, 1.54) is 38.5 Å². The summed E-state index contributed by atoms with van der Waals surface area (Å²) >= 11 is 0. The lowest BCUT2D eigenvalue weighted by Gasteiger charge is -2.05. The molecule has 4 heteroatoms. The van der Waals surface area contributed by atoms with E-state index in [9.17, 15) is 0 Å². The summed E-state index contributed by atoms with van der Waals surface area (Å²) in [5, 5.41) is 4.20. The first-order valence-electron chi connectivity index (χ1n) is 12.8. The van der Waals surface area contributed by atoms with Gasteiger partial charge in [-0.25, -0.2) is 0 Å². The summed E-state index contributed by atoms with van der Waals surface area (Å²) < 4.78 is 24.4. The molecule has 0 unspecified atom stereocenters. The molecular weight excluding hydrogens is 424 g/mol. The van der Waals surface area contributed by atoms with Crippen LogP contribution in [-0.2, 0) is 0 Å². The lowest BCUT2D eigenvalue weighted by molar-refractivity contribution is 0.305. The van der Waals surface area contributed by atoms with Gasteiger partial charge in [0, 0.05) is 21.5 Å². The van der Waals surface area contributed by atoms with E-state index in [4.69, 9.17) is 18.3 Å². The first kappa shape index (κ1) is 22.6. The smallest absolute Gasteiger partial charge is 0.136 e. The number of rotatable bonds is 12. The molecule has 2 aromatic heterocycles. The predicted octanol–water partition coefficient (Wildman–Crippen LogP) is 9.40. The summed E-state index contributed by atoms with van der Waals surface area (Å²) in [5.41, 5.74) is 3.44. The predicted molar refractivity (Wildman–Crippen MR) is 140 cm³/mol. The Balaban J connectivity index is 1.41.